The largest absolute Gasteiger partial charge is 0.411 e. The number of nitrogens with zero attached hydrogens (tertiary/aromatic N) is 2. The number of hydrogen-bond acceptors (Lipinski definition) is 3. The van der Waals surface area contributed by atoms with Gasteiger partial charge in [-0.1, -0.05) is 73.6 Å². The highest BCUT2D eigenvalue weighted by atomic mass is 16.4. The number of likely N-dealkylation sites (N-methyl/N-ethyl adjacent to an activating group) is 1. The van der Waals surface area contributed by atoms with Gasteiger partial charge in [0, 0.05) is 6.54 Å². The van der Waals surface area contributed by atoms with E-state index in [9.17, 15) is 5.21 Å². The first-order valence-corrected chi connectivity index (χ1v) is 9.34. The van der Waals surface area contributed by atoms with Gasteiger partial charge in [0.15, 0.2) is 0 Å². The van der Waals surface area contributed by atoms with E-state index >= 15 is 0 Å². The van der Waals surface area contributed by atoms with Gasteiger partial charge >= 0.3 is 0 Å². The van der Waals surface area contributed by atoms with Gasteiger partial charge in [-0.2, -0.15) is 0 Å². The number of rotatable bonds is 10. The van der Waals surface area contributed by atoms with Crippen molar-refractivity contribution in [2.45, 2.75) is 39.5 Å². The fraction of sp³-hybridized carbons (Fsp3) is 0.409. The summed E-state index contributed by atoms with van der Waals surface area (Å²) in [6.07, 6.45) is 3.87. The van der Waals surface area contributed by atoms with Gasteiger partial charge in [0.1, 0.15) is 0 Å². The second kappa shape index (κ2) is 10.7. The van der Waals surface area contributed by atoms with E-state index in [1.807, 2.05) is 30.3 Å². The molecule has 2 aromatic rings. The molecule has 0 saturated carbocycles. The van der Waals surface area contributed by atoms with Gasteiger partial charge in [0.25, 0.3) is 0 Å². The summed E-state index contributed by atoms with van der Waals surface area (Å²) in [6.45, 7) is 7.75. The molecule has 0 bridgehead atoms. The van der Waals surface area contributed by atoms with Gasteiger partial charge in [0.05, 0.1) is 5.71 Å². The molecule has 0 unspecified atom stereocenters. The molecule has 0 fully saturated rings. The zero-order chi connectivity index (χ0) is 17.9. The summed E-state index contributed by atoms with van der Waals surface area (Å²) in [5.74, 6) is 0. The molecular formula is C22H30N2O. The molecule has 2 aromatic carbocycles. The Labute approximate surface area is 152 Å². The van der Waals surface area contributed by atoms with E-state index in [1.165, 1.54) is 11.1 Å². The molecule has 0 atom stereocenters. The molecule has 1 N–H and O–H groups in total. The van der Waals surface area contributed by atoms with Gasteiger partial charge < -0.3 is 10.1 Å². The van der Waals surface area contributed by atoms with Crippen LogP contribution in [0.2, 0.25) is 0 Å². The maximum atomic E-state index is 9.31. The predicted octanol–water partition coefficient (Wildman–Crippen LogP) is 4.77. The third-order valence-corrected chi connectivity index (χ3v) is 4.80. The highest BCUT2D eigenvalue weighted by Gasteiger charge is 2.07. The lowest BCUT2D eigenvalue weighted by atomic mass is 9.97. The average Bonchev–Trinajstić information content (AvgIpc) is 2.67. The Morgan fingerprint density at radius 3 is 2.08 bits per heavy atom. The SMILES string of the molecule is CCN(CC)CCc1ccccc1CCCC(=NO)c1ccccc1. The van der Waals surface area contributed by atoms with Crippen LogP contribution in [0.4, 0.5) is 0 Å². The van der Waals surface area contributed by atoms with E-state index in [-0.39, 0.29) is 0 Å². The van der Waals surface area contributed by atoms with Gasteiger partial charge in [-0.3, -0.25) is 0 Å². The lowest BCUT2D eigenvalue weighted by Gasteiger charge is -2.19. The quantitative estimate of drug-likeness (QED) is 0.385. The Hall–Kier alpha value is -2.13. The Bertz CT molecular complexity index is 648. The molecule has 0 aliphatic heterocycles. The van der Waals surface area contributed by atoms with Crippen LogP contribution >= 0.6 is 0 Å². The van der Waals surface area contributed by atoms with Crippen molar-refractivity contribution in [2.75, 3.05) is 19.6 Å². The predicted molar refractivity (Wildman–Crippen MR) is 106 cm³/mol. The van der Waals surface area contributed by atoms with Crippen LogP contribution in [0.1, 0.15) is 43.4 Å². The van der Waals surface area contributed by atoms with E-state index in [1.54, 1.807) is 0 Å². The third-order valence-electron chi connectivity index (χ3n) is 4.80. The number of aryl methyl sites for hydroxylation is 1. The van der Waals surface area contributed by atoms with Gasteiger partial charge in [0.2, 0.25) is 0 Å². The van der Waals surface area contributed by atoms with Crippen molar-refractivity contribution in [1.82, 2.24) is 4.90 Å². The van der Waals surface area contributed by atoms with Crippen LogP contribution in [0, 0.1) is 0 Å². The summed E-state index contributed by atoms with van der Waals surface area (Å²) < 4.78 is 0. The smallest absolute Gasteiger partial charge is 0.0867 e. The molecule has 3 nitrogen and oxygen atoms in total. The van der Waals surface area contributed by atoms with Crippen LogP contribution in [-0.2, 0) is 12.8 Å². The van der Waals surface area contributed by atoms with Gasteiger partial charge in [-0.25, -0.2) is 0 Å². The van der Waals surface area contributed by atoms with Crippen molar-refractivity contribution < 1.29 is 5.21 Å². The molecular weight excluding hydrogens is 308 g/mol. The summed E-state index contributed by atoms with van der Waals surface area (Å²) in [5.41, 5.74) is 4.62. The van der Waals surface area contributed by atoms with Crippen LogP contribution in [-0.4, -0.2) is 35.5 Å². The van der Waals surface area contributed by atoms with Crippen molar-refractivity contribution in [2.24, 2.45) is 5.16 Å². The molecule has 25 heavy (non-hydrogen) atoms. The molecule has 0 aliphatic rings. The Morgan fingerprint density at radius 2 is 1.48 bits per heavy atom. The first-order chi connectivity index (χ1) is 12.3. The molecule has 134 valence electrons. The molecule has 0 heterocycles. The summed E-state index contributed by atoms with van der Waals surface area (Å²) in [7, 11) is 0. The lowest BCUT2D eigenvalue weighted by Crippen LogP contribution is -2.25. The minimum atomic E-state index is 0.765. The maximum Gasteiger partial charge on any atom is 0.0867 e. The molecule has 0 aliphatic carbocycles. The topological polar surface area (TPSA) is 35.8 Å². The second-order valence-electron chi connectivity index (χ2n) is 6.31. The van der Waals surface area contributed by atoms with Crippen molar-refractivity contribution in [3.8, 4) is 0 Å². The summed E-state index contributed by atoms with van der Waals surface area (Å²) >= 11 is 0. The maximum absolute atomic E-state index is 9.31. The van der Waals surface area contributed by atoms with Crippen LogP contribution in [0.15, 0.2) is 59.8 Å². The minimum absolute atomic E-state index is 0.765. The number of benzene rings is 2. The normalized spacial score (nSPS) is 11.9. The fourth-order valence-electron chi connectivity index (χ4n) is 3.19. The van der Waals surface area contributed by atoms with E-state index < -0.39 is 0 Å². The number of hydrogen-bond donors (Lipinski definition) is 1. The Morgan fingerprint density at radius 1 is 0.880 bits per heavy atom. The van der Waals surface area contributed by atoms with Crippen molar-refractivity contribution in [1.29, 1.82) is 0 Å². The van der Waals surface area contributed by atoms with E-state index in [4.69, 9.17) is 0 Å². The van der Waals surface area contributed by atoms with Crippen molar-refractivity contribution >= 4 is 5.71 Å². The van der Waals surface area contributed by atoms with Crippen LogP contribution < -0.4 is 0 Å². The van der Waals surface area contributed by atoms with E-state index in [2.05, 4.69) is 48.2 Å². The van der Waals surface area contributed by atoms with Gasteiger partial charge in [-0.05, 0) is 55.5 Å². The second-order valence-corrected chi connectivity index (χ2v) is 6.31. The van der Waals surface area contributed by atoms with E-state index in [0.29, 0.717) is 0 Å². The van der Waals surface area contributed by atoms with Crippen molar-refractivity contribution in [3.63, 3.8) is 0 Å². The average molecular weight is 338 g/mol. The van der Waals surface area contributed by atoms with E-state index in [0.717, 1.165) is 56.6 Å². The van der Waals surface area contributed by atoms with Crippen LogP contribution in [0.25, 0.3) is 0 Å². The summed E-state index contributed by atoms with van der Waals surface area (Å²) in [4.78, 5) is 2.46. The standard InChI is InChI=1S/C22H30N2O/c1-3-24(4-2)18-17-20-12-9-8-11-19(20)15-10-16-22(23-25)21-13-6-5-7-14-21/h5-9,11-14,25H,3-4,10,15-18H2,1-2H3. The highest BCUT2D eigenvalue weighted by molar-refractivity contribution is 6.00. The minimum Gasteiger partial charge on any atom is -0.411 e. The van der Waals surface area contributed by atoms with Gasteiger partial charge in [-0.15, -0.1) is 0 Å². The first kappa shape index (κ1) is 19.2. The molecule has 0 aromatic heterocycles. The highest BCUT2D eigenvalue weighted by Crippen LogP contribution is 2.15. The third kappa shape index (κ3) is 6.02. The summed E-state index contributed by atoms with van der Waals surface area (Å²) in [5, 5.41) is 12.8. The number of oxime groups is 1. The molecule has 0 spiro atoms. The zero-order valence-corrected chi connectivity index (χ0v) is 15.5. The molecule has 0 saturated heterocycles. The lowest BCUT2D eigenvalue weighted by molar-refractivity contribution is 0.307. The Balaban J connectivity index is 1.92. The fourth-order valence-corrected chi connectivity index (χ4v) is 3.19. The van der Waals surface area contributed by atoms with Crippen LogP contribution in [0.5, 0.6) is 0 Å². The molecule has 0 amide bonds. The van der Waals surface area contributed by atoms with Crippen LogP contribution in [0.3, 0.4) is 0 Å². The molecule has 3 heteroatoms. The summed E-state index contributed by atoms with van der Waals surface area (Å²) in [6, 6.07) is 18.6. The first-order valence-electron chi connectivity index (χ1n) is 9.34. The molecule has 0 radical (unpaired) electrons. The zero-order valence-electron chi connectivity index (χ0n) is 15.5. The Kier molecular flexibility index (Phi) is 8.20. The molecule has 2 rings (SSSR count). The monoisotopic (exact) mass is 338 g/mol. The van der Waals surface area contributed by atoms with Crippen molar-refractivity contribution in [3.05, 3.63) is 71.3 Å².